The van der Waals surface area contributed by atoms with E-state index in [9.17, 15) is 4.79 Å². The van der Waals surface area contributed by atoms with Gasteiger partial charge in [0.05, 0.1) is 5.60 Å². The zero-order valence-corrected chi connectivity index (χ0v) is 14.3. The highest BCUT2D eigenvalue weighted by atomic mass is 16.5. The molecular formula is C20H23N3O2. The summed E-state index contributed by atoms with van der Waals surface area (Å²) in [6.45, 7) is 0.673. The van der Waals surface area contributed by atoms with Crippen LogP contribution in [0.4, 0.5) is 5.95 Å². The third-order valence-electron chi connectivity index (χ3n) is 5.37. The van der Waals surface area contributed by atoms with Crippen LogP contribution in [0.1, 0.15) is 38.5 Å². The standard InChI is InChI=1S/C20H23N3O2/c24-18(16-8-11-25-20(12-16)9-4-5-10-20)23-19-21-13-17(14-22-19)15-6-2-1-3-7-15/h1-3,6-7,13-14,16H,4-5,8-12H2,(H,21,22,23,24). The third kappa shape index (κ3) is 3.56. The van der Waals surface area contributed by atoms with Gasteiger partial charge in [-0.3, -0.25) is 10.1 Å². The Hall–Kier alpha value is -2.27. The van der Waals surface area contributed by atoms with Gasteiger partial charge in [-0.2, -0.15) is 0 Å². The molecule has 1 aliphatic heterocycles. The minimum absolute atomic E-state index is 0.00995. The van der Waals surface area contributed by atoms with Crippen molar-refractivity contribution in [1.29, 1.82) is 0 Å². The Balaban J connectivity index is 1.40. The minimum atomic E-state index is -0.0573. The number of hydrogen-bond acceptors (Lipinski definition) is 4. The van der Waals surface area contributed by atoms with E-state index in [1.807, 2.05) is 30.3 Å². The summed E-state index contributed by atoms with van der Waals surface area (Å²) in [7, 11) is 0. The van der Waals surface area contributed by atoms with Crippen molar-refractivity contribution in [2.24, 2.45) is 5.92 Å². The van der Waals surface area contributed by atoms with Crippen molar-refractivity contribution in [2.75, 3.05) is 11.9 Å². The van der Waals surface area contributed by atoms with Crippen molar-refractivity contribution in [3.8, 4) is 11.1 Å². The van der Waals surface area contributed by atoms with Crippen LogP contribution in [0.5, 0.6) is 0 Å². The van der Waals surface area contributed by atoms with Crippen LogP contribution in [-0.2, 0) is 9.53 Å². The lowest BCUT2D eigenvalue weighted by molar-refractivity contribution is -0.133. The molecule has 5 heteroatoms. The summed E-state index contributed by atoms with van der Waals surface area (Å²) in [5.74, 6) is 0.378. The number of hydrogen-bond donors (Lipinski definition) is 1. The van der Waals surface area contributed by atoms with E-state index in [1.165, 1.54) is 12.8 Å². The summed E-state index contributed by atoms with van der Waals surface area (Å²) in [6.07, 6.45) is 9.67. The van der Waals surface area contributed by atoms with Gasteiger partial charge in [0, 0.05) is 30.5 Å². The number of nitrogens with one attached hydrogen (secondary N) is 1. The molecule has 2 aliphatic rings. The quantitative estimate of drug-likeness (QED) is 0.925. The summed E-state index contributed by atoms with van der Waals surface area (Å²) >= 11 is 0. The molecule has 1 aromatic heterocycles. The van der Waals surface area contributed by atoms with Crippen LogP contribution in [-0.4, -0.2) is 28.1 Å². The molecule has 4 rings (SSSR count). The molecule has 0 radical (unpaired) electrons. The Labute approximate surface area is 147 Å². The molecule has 5 nitrogen and oxygen atoms in total. The molecule has 1 N–H and O–H groups in total. The van der Waals surface area contributed by atoms with Crippen LogP contribution in [0.15, 0.2) is 42.7 Å². The topological polar surface area (TPSA) is 64.1 Å². The maximum atomic E-state index is 12.6. The molecule has 2 heterocycles. The average Bonchev–Trinajstić information content (AvgIpc) is 3.10. The number of anilines is 1. The van der Waals surface area contributed by atoms with Crippen molar-refractivity contribution < 1.29 is 9.53 Å². The summed E-state index contributed by atoms with van der Waals surface area (Å²) in [6, 6.07) is 9.97. The zero-order chi connectivity index (χ0) is 17.1. The van der Waals surface area contributed by atoms with E-state index >= 15 is 0 Å². The Bertz CT molecular complexity index is 724. The third-order valence-corrected chi connectivity index (χ3v) is 5.37. The van der Waals surface area contributed by atoms with E-state index in [-0.39, 0.29) is 17.4 Å². The number of benzene rings is 1. The summed E-state index contributed by atoms with van der Waals surface area (Å²) in [4.78, 5) is 21.2. The van der Waals surface area contributed by atoms with Gasteiger partial charge in [-0.25, -0.2) is 9.97 Å². The normalized spacial score (nSPS) is 22.0. The van der Waals surface area contributed by atoms with Crippen molar-refractivity contribution in [3.63, 3.8) is 0 Å². The van der Waals surface area contributed by atoms with Gasteiger partial charge in [-0.05, 0) is 31.2 Å². The largest absolute Gasteiger partial charge is 0.375 e. The summed E-state index contributed by atoms with van der Waals surface area (Å²) in [5.41, 5.74) is 1.95. The highest BCUT2D eigenvalue weighted by molar-refractivity contribution is 5.91. The van der Waals surface area contributed by atoms with Gasteiger partial charge in [-0.15, -0.1) is 0 Å². The lowest BCUT2D eigenvalue weighted by Gasteiger charge is -2.37. The molecule has 1 spiro atoms. The maximum absolute atomic E-state index is 12.6. The van der Waals surface area contributed by atoms with E-state index in [4.69, 9.17) is 4.74 Å². The van der Waals surface area contributed by atoms with E-state index in [0.717, 1.165) is 36.8 Å². The molecule has 1 aromatic carbocycles. The average molecular weight is 337 g/mol. The van der Waals surface area contributed by atoms with Crippen molar-refractivity contribution in [2.45, 2.75) is 44.1 Å². The first kappa shape index (κ1) is 16.2. The fourth-order valence-corrected chi connectivity index (χ4v) is 4.00. The smallest absolute Gasteiger partial charge is 0.230 e. The fourth-order valence-electron chi connectivity index (χ4n) is 4.00. The van der Waals surface area contributed by atoms with Gasteiger partial charge < -0.3 is 4.74 Å². The molecule has 1 atom stereocenters. The highest BCUT2D eigenvalue weighted by Crippen LogP contribution is 2.42. The molecule has 1 aliphatic carbocycles. The predicted octanol–water partition coefficient (Wildman–Crippen LogP) is 3.82. The molecule has 1 saturated heterocycles. The summed E-state index contributed by atoms with van der Waals surface area (Å²) in [5, 5.41) is 2.88. The highest BCUT2D eigenvalue weighted by Gasteiger charge is 2.42. The van der Waals surface area contributed by atoms with Crippen molar-refractivity contribution in [1.82, 2.24) is 9.97 Å². The van der Waals surface area contributed by atoms with E-state index < -0.39 is 0 Å². The van der Waals surface area contributed by atoms with Crippen LogP contribution in [0.25, 0.3) is 11.1 Å². The monoisotopic (exact) mass is 337 g/mol. The van der Waals surface area contributed by atoms with E-state index in [0.29, 0.717) is 12.6 Å². The lowest BCUT2D eigenvalue weighted by Crippen LogP contribution is -2.41. The zero-order valence-electron chi connectivity index (χ0n) is 14.3. The van der Waals surface area contributed by atoms with Crippen molar-refractivity contribution in [3.05, 3.63) is 42.7 Å². The van der Waals surface area contributed by atoms with Crippen molar-refractivity contribution >= 4 is 11.9 Å². The van der Waals surface area contributed by atoms with Gasteiger partial charge in [0.2, 0.25) is 11.9 Å². The molecular weight excluding hydrogens is 314 g/mol. The maximum Gasteiger partial charge on any atom is 0.230 e. The van der Waals surface area contributed by atoms with Crippen LogP contribution in [0.2, 0.25) is 0 Å². The summed E-state index contributed by atoms with van der Waals surface area (Å²) < 4.78 is 6.01. The molecule has 1 saturated carbocycles. The lowest BCUT2D eigenvalue weighted by atomic mass is 9.84. The number of nitrogens with zero attached hydrogens (tertiary/aromatic N) is 2. The van der Waals surface area contributed by atoms with Gasteiger partial charge in [-0.1, -0.05) is 43.2 Å². The molecule has 2 aromatic rings. The molecule has 1 unspecified atom stereocenters. The van der Waals surface area contributed by atoms with Gasteiger partial charge >= 0.3 is 0 Å². The van der Waals surface area contributed by atoms with E-state index in [1.54, 1.807) is 12.4 Å². The second-order valence-corrected chi connectivity index (χ2v) is 7.08. The number of amides is 1. The number of carbonyl (C=O) groups excluding carboxylic acids is 1. The number of carbonyl (C=O) groups is 1. The minimum Gasteiger partial charge on any atom is -0.375 e. The fraction of sp³-hybridized carbons (Fsp3) is 0.450. The first-order chi connectivity index (χ1) is 12.2. The van der Waals surface area contributed by atoms with Gasteiger partial charge in [0.25, 0.3) is 0 Å². The second-order valence-electron chi connectivity index (χ2n) is 7.08. The van der Waals surface area contributed by atoms with Gasteiger partial charge in [0.15, 0.2) is 0 Å². The second kappa shape index (κ2) is 6.92. The molecule has 25 heavy (non-hydrogen) atoms. The number of ether oxygens (including phenoxy) is 1. The Morgan fingerprint density at radius 2 is 1.80 bits per heavy atom. The van der Waals surface area contributed by atoms with Crippen LogP contribution in [0, 0.1) is 5.92 Å². The first-order valence-corrected chi connectivity index (χ1v) is 9.06. The van der Waals surface area contributed by atoms with Crippen LogP contribution in [0.3, 0.4) is 0 Å². The Morgan fingerprint density at radius 3 is 2.52 bits per heavy atom. The van der Waals surface area contributed by atoms with Gasteiger partial charge in [0.1, 0.15) is 0 Å². The van der Waals surface area contributed by atoms with E-state index in [2.05, 4.69) is 15.3 Å². The first-order valence-electron chi connectivity index (χ1n) is 9.06. The SMILES string of the molecule is O=C(Nc1ncc(-c2ccccc2)cn1)C1CCOC2(CCCC2)C1. The number of rotatable bonds is 3. The number of aromatic nitrogens is 2. The predicted molar refractivity (Wildman–Crippen MR) is 96.0 cm³/mol. The molecule has 1 amide bonds. The molecule has 2 fully saturated rings. The molecule has 0 bridgehead atoms. The Kier molecular flexibility index (Phi) is 4.49. The molecule has 130 valence electrons. The van der Waals surface area contributed by atoms with Crippen LogP contribution >= 0.6 is 0 Å². The Morgan fingerprint density at radius 1 is 1.08 bits per heavy atom. The van der Waals surface area contributed by atoms with Crippen LogP contribution < -0.4 is 5.32 Å².